The van der Waals surface area contributed by atoms with Crippen molar-refractivity contribution in [1.82, 2.24) is 0 Å². The van der Waals surface area contributed by atoms with E-state index in [1.807, 2.05) is 13.8 Å². The van der Waals surface area contributed by atoms with Gasteiger partial charge in [-0.2, -0.15) is 0 Å². The number of carbonyl (C=O) groups is 2. The van der Waals surface area contributed by atoms with E-state index < -0.39 is 24.6 Å². The molecule has 0 atom stereocenters. The van der Waals surface area contributed by atoms with Crippen LogP contribution in [0.2, 0.25) is 0 Å². The van der Waals surface area contributed by atoms with Gasteiger partial charge in [-0.15, -0.1) is 0 Å². The maximum atomic E-state index is 11.2. The van der Waals surface area contributed by atoms with Gasteiger partial charge in [0.2, 0.25) is 0 Å². The molecule has 0 aliphatic rings. The van der Waals surface area contributed by atoms with Gasteiger partial charge in [0.1, 0.15) is 5.78 Å². The van der Waals surface area contributed by atoms with Gasteiger partial charge in [-0.3, -0.25) is 9.59 Å². The van der Waals surface area contributed by atoms with E-state index in [0.717, 1.165) is 12.8 Å². The molecule has 0 radical (unpaired) electrons. The van der Waals surface area contributed by atoms with E-state index in [2.05, 4.69) is 0 Å². The van der Waals surface area contributed by atoms with Crippen LogP contribution < -0.4 is 0 Å². The van der Waals surface area contributed by atoms with Gasteiger partial charge in [-0.05, 0) is 12.8 Å². The number of ketones is 1. The topological polar surface area (TPSA) is 112 Å². The fourth-order valence-electron chi connectivity index (χ4n) is 1.18. The molecule has 0 unspecified atom stereocenters. The minimum absolute atomic E-state index is 0.0324. The molecular formula is C9H18O6Ti. The third-order valence-electron chi connectivity index (χ3n) is 2.03. The standard InChI is InChI=1S/C9H16O3.2H2O.O.Ti/c1-3-7(4-2)8(10)5-6-9(11)12;;;;/h7H,3-6H2,1-2H3,(H,11,12);2*1H2;;/q;;;;+2/p-2. The summed E-state index contributed by atoms with van der Waals surface area (Å²) in [6, 6.07) is 0. The van der Waals surface area contributed by atoms with Crippen molar-refractivity contribution in [2.75, 3.05) is 0 Å². The number of rotatable bonds is 6. The molecular weight excluding hydrogens is 252 g/mol. The second-order valence-corrected chi connectivity index (χ2v) is 4.04. The number of Topliss-reactive ketones (excluding diaryl/α,β-unsaturated/α-hetero) is 1. The zero-order valence-electron chi connectivity index (χ0n) is 9.47. The Hall–Kier alpha value is -0.426. The predicted octanol–water partition coefficient (Wildman–Crippen LogP) is 0.621. The number of carbonyl (C=O) groups excluding carboxylic acids is 1. The van der Waals surface area contributed by atoms with Crippen molar-refractivity contribution in [2.24, 2.45) is 5.92 Å². The summed E-state index contributed by atoms with van der Waals surface area (Å²) < 4.78 is 23.2. The molecule has 0 amide bonds. The van der Waals surface area contributed by atoms with Crippen LogP contribution in [0.5, 0.6) is 0 Å². The van der Waals surface area contributed by atoms with Crippen molar-refractivity contribution in [1.29, 1.82) is 0 Å². The van der Waals surface area contributed by atoms with E-state index in [0.29, 0.717) is 0 Å². The molecule has 0 saturated heterocycles. The normalized spacial score (nSPS) is 9.31. The van der Waals surface area contributed by atoms with Gasteiger partial charge in [0.05, 0.1) is 6.42 Å². The fourth-order valence-corrected chi connectivity index (χ4v) is 1.18. The molecule has 16 heavy (non-hydrogen) atoms. The van der Waals surface area contributed by atoms with E-state index in [1.54, 1.807) is 0 Å². The molecule has 0 heterocycles. The number of aliphatic carboxylic acids is 1. The maximum absolute atomic E-state index is 11.2. The first-order valence-corrected chi connectivity index (χ1v) is 7.04. The quantitative estimate of drug-likeness (QED) is 0.610. The van der Waals surface area contributed by atoms with E-state index >= 15 is 0 Å². The molecule has 0 fully saturated rings. The minimum atomic E-state index is -3.58. The van der Waals surface area contributed by atoms with Gasteiger partial charge in [0, 0.05) is 12.3 Å². The first kappa shape index (κ1) is 18.0. The Morgan fingerprint density at radius 2 is 1.50 bits per heavy atom. The van der Waals surface area contributed by atoms with Crippen molar-refractivity contribution in [2.45, 2.75) is 39.5 Å². The van der Waals surface area contributed by atoms with E-state index in [4.69, 9.17) is 15.8 Å². The summed E-state index contributed by atoms with van der Waals surface area (Å²) in [6.07, 6.45) is 1.78. The molecule has 0 aromatic carbocycles. The van der Waals surface area contributed by atoms with Crippen LogP contribution in [0.3, 0.4) is 0 Å². The van der Waals surface area contributed by atoms with Crippen LogP contribution >= 0.6 is 0 Å². The van der Waals surface area contributed by atoms with Crippen molar-refractivity contribution in [3.63, 3.8) is 0 Å². The number of carboxylic acids is 1. The molecule has 0 aromatic heterocycles. The summed E-state index contributed by atoms with van der Waals surface area (Å²) in [4.78, 5) is 21.4. The van der Waals surface area contributed by atoms with Crippen molar-refractivity contribution in [3.8, 4) is 0 Å². The molecule has 0 rings (SSSR count). The summed E-state index contributed by atoms with van der Waals surface area (Å²) in [7, 11) is 0. The third-order valence-corrected chi connectivity index (χ3v) is 2.03. The Balaban J connectivity index is 0. The van der Waals surface area contributed by atoms with E-state index in [1.165, 1.54) is 0 Å². The summed E-state index contributed by atoms with van der Waals surface area (Å²) in [5.74, 6) is -0.749. The average molecular weight is 270 g/mol. The van der Waals surface area contributed by atoms with Crippen molar-refractivity contribution < 1.29 is 44.0 Å². The monoisotopic (exact) mass is 270 g/mol. The second-order valence-electron chi connectivity index (χ2n) is 3.16. The third kappa shape index (κ3) is 13.6. The molecule has 3 N–H and O–H groups in total. The Morgan fingerprint density at radius 1 is 1.12 bits per heavy atom. The Morgan fingerprint density at radius 3 is 1.75 bits per heavy atom. The van der Waals surface area contributed by atoms with Crippen LogP contribution in [-0.4, -0.2) is 24.2 Å². The van der Waals surface area contributed by atoms with Crippen LogP contribution in [0, 0.1) is 5.92 Å². The van der Waals surface area contributed by atoms with Crippen LogP contribution in [0.4, 0.5) is 0 Å². The fraction of sp³-hybridized carbons (Fsp3) is 0.778. The zero-order valence-corrected chi connectivity index (χ0v) is 11.0. The van der Waals surface area contributed by atoms with Gasteiger partial charge in [0.15, 0.2) is 0 Å². The van der Waals surface area contributed by atoms with Crippen LogP contribution in [0.1, 0.15) is 39.5 Å². The molecule has 6 nitrogen and oxygen atoms in total. The van der Waals surface area contributed by atoms with Gasteiger partial charge in [0.25, 0.3) is 0 Å². The van der Waals surface area contributed by atoms with Gasteiger partial charge >= 0.3 is 35.3 Å². The molecule has 0 spiro atoms. The van der Waals surface area contributed by atoms with Crippen molar-refractivity contribution in [3.05, 3.63) is 0 Å². The Labute approximate surface area is 101 Å². The van der Waals surface area contributed by atoms with E-state index in [-0.39, 0.29) is 24.5 Å². The zero-order chi connectivity index (χ0) is 13.1. The van der Waals surface area contributed by atoms with Gasteiger partial charge < -0.3 is 5.11 Å². The second kappa shape index (κ2) is 11.1. The summed E-state index contributed by atoms with van der Waals surface area (Å²) in [6.45, 7) is 3.90. The van der Waals surface area contributed by atoms with Crippen LogP contribution in [0.15, 0.2) is 0 Å². The van der Waals surface area contributed by atoms with Crippen LogP contribution in [0.25, 0.3) is 0 Å². The summed E-state index contributed by atoms with van der Waals surface area (Å²) in [5.41, 5.74) is 0. The van der Waals surface area contributed by atoms with Crippen LogP contribution in [-0.2, 0) is 31.5 Å². The number of carboxylic acid groups (broad SMARTS) is 1. The van der Waals surface area contributed by atoms with E-state index in [9.17, 15) is 9.59 Å². The first-order valence-electron chi connectivity index (χ1n) is 5.01. The molecule has 0 bridgehead atoms. The molecule has 0 aliphatic carbocycles. The van der Waals surface area contributed by atoms with Gasteiger partial charge in [-0.25, -0.2) is 0 Å². The average Bonchev–Trinajstić information content (AvgIpc) is 2.15. The molecule has 7 heteroatoms. The molecule has 0 aromatic rings. The Kier molecular flexibility index (Phi) is 12.4. The van der Waals surface area contributed by atoms with Crippen molar-refractivity contribution >= 4 is 11.8 Å². The molecule has 0 saturated carbocycles. The summed E-state index contributed by atoms with van der Waals surface area (Å²) >= 11 is -3.58. The summed E-state index contributed by atoms with van der Waals surface area (Å²) in [5, 5.41) is 8.34. The first-order chi connectivity index (χ1) is 7.34. The predicted molar refractivity (Wildman–Crippen MR) is 51.1 cm³/mol. The number of hydrogen-bond acceptors (Lipinski definition) is 3. The SMILES string of the molecule is CCC(CC)C(=O)CCC(=O)O.[O]=[Ti]([OH])[OH]. The molecule has 94 valence electrons. The Bertz CT molecular complexity index is 232. The van der Waals surface area contributed by atoms with Gasteiger partial charge in [-0.1, -0.05) is 13.8 Å². The molecule has 0 aliphatic heterocycles. The number of hydrogen-bond donors (Lipinski definition) is 3.